The van der Waals surface area contributed by atoms with Crippen LogP contribution in [0.25, 0.3) is 5.69 Å². The molecule has 0 saturated carbocycles. The predicted molar refractivity (Wildman–Crippen MR) is 103 cm³/mol. The molecule has 0 aliphatic rings. The average molecular weight is 366 g/mol. The maximum absolute atomic E-state index is 12.2. The lowest BCUT2D eigenvalue weighted by molar-refractivity contribution is -0.119. The second-order valence-corrected chi connectivity index (χ2v) is 6.38. The standard InChI is InChI=1S/C20H18N2O3S/c1-26-18-9-5-7-16(13-18)21-19(23)14-25-20(24)15-6-4-8-17(12-15)22-10-2-3-11-22/h2-13H,14H2,1H3,(H,21,23). The summed E-state index contributed by atoms with van der Waals surface area (Å²) in [6, 6.07) is 18.3. The molecule has 1 N–H and O–H groups in total. The van der Waals surface area contributed by atoms with E-state index in [9.17, 15) is 9.59 Å². The summed E-state index contributed by atoms with van der Waals surface area (Å²) < 4.78 is 7.02. The molecule has 0 radical (unpaired) electrons. The number of ether oxygens (including phenoxy) is 1. The molecule has 0 atom stereocenters. The molecule has 3 rings (SSSR count). The number of esters is 1. The lowest BCUT2D eigenvalue weighted by Crippen LogP contribution is -2.21. The Labute approximate surface area is 156 Å². The van der Waals surface area contributed by atoms with Crippen LogP contribution < -0.4 is 5.32 Å². The van der Waals surface area contributed by atoms with Gasteiger partial charge in [-0.3, -0.25) is 4.79 Å². The highest BCUT2D eigenvalue weighted by molar-refractivity contribution is 7.98. The second-order valence-electron chi connectivity index (χ2n) is 5.50. The zero-order valence-corrected chi connectivity index (χ0v) is 15.0. The molecule has 1 amide bonds. The van der Waals surface area contributed by atoms with Gasteiger partial charge in [0.2, 0.25) is 0 Å². The Bertz CT molecular complexity index is 907. The van der Waals surface area contributed by atoms with Crippen LogP contribution in [0.3, 0.4) is 0 Å². The van der Waals surface area contributed by atoms with Crippen molar-refractivity contribution in [1.29, 1.82) is 0 Å². The number of anilines is 1. The van der Waals surface area contributed by atoms with E-state index < -0.39 is 5.97 Å². The van der Waals surface area contributed by atoms with Crippen LogP contribution in [-0.4, -0.2) is 29.3 Å². The maximum atomic E-state index is 12.2. The highest BCUT2D eigenvalue weighted by Crippen LogP contribution is 2.19. The van der Waals surface area contributed by atoms with Crippen molar-refractivity contribution in [2.45, 2.75) is 4.90 Å². The number of benzene rings is 2. The van der Waals surface area contributed by atoms with Crippen LogP contribution in [0.1, 0.15) is 10.4 Å². The average Bonchev–Trinajstić information content (AvgIpc) is 3.21. The fourth-order valence-electron chi connectivity index (χ4n) is 2.41. The second kappa shape index (κ2) is 8.40. The molecule has 0 saturated heterocycles. The van der Waals surface area contributed by atoms with E-state index in [2.05, 4.69) is 5.32 Å². The van der Waals surface area contributed by atoms with Gasteiger partial charge in [0.05, 0.1) is 5.56 Å². The van der Waals surface area contributed by atoms with Crippen molar-refractivity contribution in [3.8, 4) is 5.69 Å². The van der Waals surface area contributed by atoms with E-state index in [1.54, 1.807) is 36.0 Å². The summed E-state index contributed by atoms with van der Waals surface area (Å²) in [6.45, 7) is -0.337. The van der Waals surface area contributed by atoms with E-state index in [0.717, 1.165) is 10.6 Å². The molecule has 2 aromatic carbocycles. The Balaban J connectivity index is 1.58. The van der Waals surface area contributed by atoms with Crippen molar-refractivity contribution in [2.75, 3.05) is 18.2 Å². The largest absolute Gasteiger partial charge is 0.452 e. The number of nitrogens with one attached hydrogen (secondary N) is 1. The van der Waals surface area contributed by atoms with E-state index in [1.807, 2.05) is 59.6 Å². The zero-order valence-electron chi connectivity index (χ0n) is 14.2. The predicted octanol–water partition coefficient (Wildman–Crippen LogP) is 3.99. The monoisotopic (exact) mass is 366 g/mol. The van der Waals surface area contributed by atoms with Gasteiger partial charge in [0, 0.05) is 28.7 Å². The van der Waals surface area contributed by atoms with Crippen LogP contribution in [0, 0.1) is 0 Å². The first kappa shape index (κ1) is 17.8. The number of amides is 1. The minimum Gasteiger partial charge on any atom is -0.452 e. The van der Waals surface area contributed by atoms with Crippen LogP contribution in [0.2, 0.25) is 0 Å². The molecule has 5 nitrogen and oxygen atoms in total. The third-order valence-corrected chi connectivity index (χ3v) is 4.40. The topological polar surface area (TPSA) is 60.3 Å². The molecule has 132 valence electrons. The fourth-order valence-corrected chi connectivity index (χ4v) is 2.87. The number of thioether (sulfide) groups is 1. The van der Waals surface area contributed by atoms with Crippen LogP contribution in [0.4, 0.5) is 5.69 Å². The summed E-state index contributed by atoms with van der Waals surface area (Å²) in [5, 5.41) is 2.72. The number of rotatable bonds is 6. The molecule has 0 aliphatic heterocycles. The van der Waals surface area contributed by atoms with E-state index in [-0.39, 0.29) is 12.5 Å². The molecule has 0 bridgehead atoms. The molecule has 0 spiro atoms. The number of carbonyl (C=O) groups excluding carboxylic acids is 2. The smallest absolute Gasteiger partial charge is 0.338 e. The molecule has 3 aromatic rings. The summed E-state index contributed by atoms with van der Waals surface area (Å²) >= 11 is 1.59. The van der Waals surface area contributed by atoms with Gasteiger partial charge in [0.25, 0.3) is 5.91 Å². The van der Waals surface area contributed by atoms with Gasteiger partial charge < -0.3 is 14.6 Å². The lowest BCUT2D eigenvalue weighted by atomic mass is 10.2. The Hall–Kier alpha value is -2.99. The van der Waals surface area contributed by atoms with E-state index in [1.165, 1.54) is 0 Å². The van der Waals surface area contributed by atoms with Gasteiger partial charge in [-0.2, -0.15) is 0 Å². The zero-order chi connectivity index (χ0) is 18.4. The number of carbonyl (C=O) groups is 2. The fraction of sp³-hybridized carbons (Fsp3) is 0.100. The molecule has 1 aromatic heterocycles. The van der Waals surface area contributed by atoms with Gasteiger partial charge >= 0.3 is 5.97 Å². The Morgan fingerprint density at radius 3 is 2.58 bits per heavy atom. The Kier molecular flexibility index (Phi) is 5.76. The van der Waals surface area contributed by atoms with E-state index >= 15 is 0 Å². The molecule has 0 fully saturated rings. The normalized spacial score (nSPS) is 10.3. The lowest BCUT2D eigenvalue weighted by Gasteiger charge is -2.09. The van der Waals surface area contributed by atoms with Crippen LogP contribution in [-0.2, 0) is 9.53 Å². The molecule has 26 heavy (non-hydrogen) atoms. The van der Waals surface area contributed by atoms with Crippen LogP contribution in [0.5, 0.6) is 0 Å². The highest BCUT2D eigenvalue weighted by atomic mass is 32.2. The van der Waals surface area contributed by atoms with Gasteiger partial charge in [-0.25, -0.2) is 4.79 Å². The summed E-state index contributed by atoms with van der Waals surface area (Å²) in [6.07, 6.45) is 5.74. The third-order valence-electron chi connectivity index (χ3n) is 3.67. The Morgan fingerprint density at radius 1 is 1.04 bits per heavy atom. The van der Waals surface area contributed by atoms with E-state index in [4.69, 9.17) is 4.74 Å². The van der Waals surface area contributed by atoms with Crippen LogP contribution in [0.15, 0.2) is 78.0 Å². The quantitative estimate of drug-likeness (QED) is 0.529. The van der Waals surface area contributed by atoms with E-state index in [0.29, 0.717) is 11.3 Å². The number of nitrogens with zero attached hydrogens (tertiary/aromatic N) is 1. The first-order chi connectivity index (χ1) is 12.7. The summed E-state index contributed by atoms with van der Waals surface area (Å²) in [5.41, 5.74) is 1.92. The molecule has 0 aliphatic carbocycles. The minimum atomic E-state index is -0.535. The molecular weight excluding hydrogens is 348 g/mol. The van der Waals surface area contributed by atoms with Crippen molar-refractivity contribution in [2.24, 2.45) is 0 Å². The van der Waals surface area contributed by atoms with Gasteiger partial charge in [-0.05, 0) is 54.8 Å². The van der Waals surface area contributed by atoms with Crippen molar-refractivity contribution >= 4 is 29.3 Å². The summed E-state index contributed by atoms with van der Waals surface area (Å²) in [7, 11) is 0. The molecular formula is C20H18N2O3S. The van der Waals surface area contributed by atoms with Crippen LogP contribution >= 0.6 is 11.8 Å². The van der Waals surface area contributed by atoms with Gasteiger partial charge in [-0.15, -0.1) is 11.8 Å². The van der Waals surface area contributed by atoms with Crippen molar-refractivity contribution in [1.82, 2.24) is 4.57 Å². The number of hydrogen-bond donors (Lipinski definition) is 1. The maximum Gasteiger partial charge on any atom is 0.338 e. The van der Waals surface area contributed by atoms with Crippen molar-refractivity contribution in [3.63, 3.8) is 0 Å². The molecule has 0 unspecified atom stereocenters. The van der Waals surface area contributed by atoms with Gasteiger partial charge in [-0.1, -0.05) is 12.1 Å². The summed E-state index contributed by atoms with van der Waals surface area (Å²) in [5.74, 6) is -0.912. The highest BCUT2D eigenvalue weighted by Gasteiger charge is 2.11. The Morgan fingerprint density at radius 2 is 1.81 bits per heavy atom. The van der Waals surface area contributed by atoms with Gasteiger partial charge in [0.1, 0.15) is 0 Å². The van der Waals surface area contributed by atoms with Crippen molar-refractivity contribution < 1.29 is 14.3 Å². The van der Waals surface area contributed by atoms with Gasteiger partial charge in [0.15, 0.2) is 6.61 Å². The third kappa shape index (κ3) is 4.55. The van der Waals surface area contributed by atoms with Crippen molar-refractivity contribution in [3.05, 3.63) is 78.6 Å². The molecule has 1 heterocycles. The molecule has 6 heteroatoms. The minimum absolute atomic E-state index is 0.337. The first-order valence-electron chi connectivity index (χ1n) is 8.00. The summed E-state index contributed by atoms with van der Waals surface area (Å²) in [4.78, 5) is 25.3. The SMILES string of the molecule is CSc1cccc(NC(=O)COC(=O)c2cccc(-n3cccc3)c2)c1. The number of aromatic nitrogens is 1. The number of hydrogen-bond acceptors (Lipinski definition) is 4. The first-order valence-corrected chi connectivity index (χ1v) is 9.22.